The quantitative estimate of drug-likeness (QED) is 0.669. The fraction of sp³-hybridized carbons (Fsp3) is 0.250. The minimum Gasteiger partial charge on any atom is -0.276 e. The molecule has 0 aliphatic carbocycles. The number of hydrazine groups is 1. The van der Waals surface area contributed by atoms with Crippen molar-refractivity contribution in [3.63, 3.8) is 0 Å². The van der Waals surface area contributed by atoms with Gasteiger partial charge in [-0.05, 0) is 35.7 Å². The number of halogens is 2. The third-order valence-corrected chi connectivity index (χ3v) is 3.57. The predicted octanol–water partition coefficient (Wildman–Crippen LogP) is 2.58. The zero-order valence-corrected chi connectivity index (χ0v) is 12.2. The fourth-order valence-corrected chi connectivity index (χ4v) is 2.48. The number of nitrogens with zero attached hydrogens (tertiary/aromatic N) is 2. The number of nitrogens with one attached hydrogen (secondary N) is 1. The van der Waals surface area contributed by atoms with Gasteiger partial charge in [0, 0.05) is 22.7 Å². The first-order chi connectivity index (χ1) is 8.60. The van der Waals surface area contributed by atoms with Crippen LogP contribution in [0, 0.1) is 0 Å². The van der Waals surface area contributed by atoms with Crippen LogP contribution in [-0.2, 0) is 13.5 Å². The van der Waals surface area contributed by atoms with E-state index in [9.17, 15) is 0 Å². The smallest absolute Gasteiger partial charge is 0.0522 e. The summed E-state index contributed by atoms with van der Waals surface area (Å²) in [5.74, 6) is 5.63. The van der Waals surface area contributed by atoms with Crippen LogP contribution in [0.2, 0.25) is 5.02 Å². The number of nitrogens with two attached hydrogens (primary N) is 1. The van der Waals surface area contributed by atoms with Crippen LogP contribution < -0.4 is 11.3 Å². The van der Waals surface area contributed by atoms with Crippen LogP contribution in [0.15, 0.2) is 35.1 Å². The molecule has 1 atom stereocenters. The minimum atomic E-state index is -0.0424. The van der Waals surface area contributed by atoms with Gasteiger partial charge in [-0.2, -0.15) is 5.10 Å². The van der Waals surface area contributed by atoms with Gasteiger partial charge in [-0.15, -0.1) is 0 Å². The van der Waals surface area contributed by atoms with Crippen molar-refractivity contribution in [2.24, 2.45) is 12.9 Å². The topological polar surface area (TPSA) is 55.9 Å². The van der Waals surface area contributed by atoms with Crippen LogP contribution >= 0.6 is 27.5 Å². The van der Waals surface area contributed by atoms with Gasteiger partial charge in [-0.1, -0.05) is 27.5 Å². The number of benzene rings is 1. The Hall–Kier alpha value is -0.880. The van der Waals surface area contributed by atoms with Crippen molar-refractivity contribution in [3.8, 4) is 0 Å². The summed E-state index contributed by atoms with van der Waals surface area (Å²) < 4.78 is 2.75. The zero-order valence-electron chi connectivity index (χ0n) is 9.90. The monoisotopic (exact) mass is 328 g/mol. The SMILES string of the molecule is Cn1cc(CC(NN)c2cc(Br)ccc2Cl)cn1. The Morgan fingerprint density at radius 3 is 2.94 bits per heavy atom. The molecule has 1 aromatic heterocycles. The van der Waals surface area contributed by atoms with Crippen LogP contribution in [0.25, 0.3) is 0 Å². The van der Waals surface area contributed by atoms with Gasteiger partial charge in [-0.25, -0.2) is 0 Å². The lowest BCUT2D eigenvalue weighted by Gasteiger charge is -2.17. The Kier molecular flexibility index (Phi) is 4.40. The molecule has 1 heterocycles. The zero-order chi connectivity index (χ0) is 13.1. The van der Waals surface area contributed by atoms with Gasteiger partial charge in [0.15, 0.2) is 0 Å². The first-order valence-corrected chi connectivity index (χ1v) is 6.66. The van der Waals surface area contributed by atoms with Crippen LogP contribution in [0.1, 0.15) is 17.2 Å². The van der Waals surface area contributed by atoms with E-state index < -0.39 is 0 Å². The van der Waals surface area contributed by atoms with Crippen molar-refractivity contribution in [1.82, 2.24) is 15.2 Å². The Morgan fingerprint density at radius 1 is 1.56 bits per heavy atom. The van der Waals surface area contributed by atoms with E-state index in [-0.39, 0.29) is 6.04 Å². The second-order valence-electron chi connectivity index (χ2n) is 4.11. The molecule has 0 fully saturated rings. The molecule has 0 saturated heterocycles. The molecule has 0 bridgehead atoms. The van der Waals surface area contributed by atoms with Crippen molar-refractivity contribution >= 4 is 27.5 Å². The normalized spacial score (nSPS) is 12.7. The second kappa shape index (κ2) is 5.84. The highest BCUT2D eigenvalue weighted by atomic mass is 79.9. The van der Waals surface area contributed by atoms with Gasteiger partial charge < -0.3 is 0 Å². The molecule has 0 radical (unpaired) electrons. The molecule has 18 heavy (non-hydrogen) atoms. The molecule has 3 N–H and O–H groups in total. The molecule has 0 aliphatic heterocycles. The molecular weight excluding hydrogens is 316 g/mol. The number of hydrogen-bond acceptors (Lipinski definition) is 3. The largest absolute Gasteiger partial charge is 0.276 e. The van der Waals surface area contributed by atoms with E-state index in [2.05, 4.69) is 26.5 Å². The first-order valence-electron chi connectivity index (χ1n) is 5.48. The molecule has 0 amide bonds. The molecule has 96 valence electrons. The molecule has 2 aromatic rings. The summed E-state index contributed by atoms with van der Waals surface area (Å²) in [6.07, 6.45) is 4.53. The van der Waals surface area contributed by atoms with Gasteiger partial charge in [0.1, 0.15) is 0 Å². The number of aromatic nitrogens is 2. The average Bonchev–Trinajstić information content (AvgIpc) is 2.75. The lowest BCUT2D eigenvalue weighted by atomic mass is 10.0. The second-order valence-corrected chi connectivity index (χ2v) is 5.43. The highest BCUT2D eigenvalue weighted by Gasteiger charge is 2.15. The number of hydrogen-bond donors (Lipinski definition) is 2. The van der Waals surface area contributed by atoms with Crippen LogP contribution in [-0.4, -0.2) is 9.78 Å². The summed E-state index contributed by atoms with van der Waals surface area (Å²) in [4.78, 5) is 0. The number of aryl methyl sites for hydroxylation is 1. The van der Waals surface area contributed by atoms with E-state index in [1.807, 2.05) is 37.6 Å². The Balaban J connectivity index is 2.25. The number of rotatable bonds is 4. The van der Waals surface area contributed by atoms with E-state index in [0.29, 0.717) is 5.02 Å². The molecule has 0 aliphatic rings. The predicted molar refractivity (Wildman–Crippen MR) is 76.1 cm³/mol. The Labute approximate surface area is 119 Å². The van der Waals surface area contributed by atoms with Gasteiger partial charge in [-0.3, -0.25) is 16.0 Å². The molecule has 4 nitrogen and oxygen atoms in total. The summed E-state index contributed by atoms with van der Waals surface area (Å²) in [6.45, 7) is 0. The summed E-state index contributed by atoms with van der Waals surface area (Å²) in [6, 6.07) is 5.69. The lowest BCUT2D eigenvalue weighted by Crippen LogP contribution is -2.29. The molecule has 6 heteroatoms. The maximum atomic E-state index is 6.20. The van der Waals surface area contributed by atoms with Gasteiger partial charge in [0.2, 0.25) is 0 Å². The molecule has 1 unspecified atom stereocenters. The van der Waals surface area contributed by atoms with Crippen molar-refractivity contribution in [2.75, 3.05) is 0 Å². The summed E-state index contributed by atoms with van der Waals surface area (Å²) in [5, 5.41) is 4.84. The van der Waals surface area contributed by atoms with Crippen LogP contribution in [0.4, 0.5) is 0 Å². The third kappa shape index (κ3) is 3.11. The summed E-state index contributed by atoms with van der Waals surface area (Å²) >= 11 is 9.64. The molecular formula is C12H14BrClN4. The van der Waals surface area contributed by atoms with Crippen LogP contribution in [0.5, 0.6) is 0 Å². The maximum absolute atomic E-state index is 6.20. The molecule has 1 aromatic carbocycles. The molecule has 2 rings (SSSR count). The molecule has 0 spiro atoms. The highest BCUT2D eigenvalue weighted by molar-refractivity contribution is 9.10. The lowest BCUT2D eigenvalue weighted by molar-refractivity contribution is 0.551. The standard InChI is InChI=1S/C12H14BrClN4/c1-18-7-8(6-16-18)4-12(17-15)10-5-9(13)2-3-11(10)14/h2-3,5-7,12,17H,4,15H2,1H3. The third-order valence-electron chi connectivity index (χ3n) is 2.73. The minimum absolute atomic E-state index is 0.0424. The van der Waals surface area contributed by atoms with E-state index in [4.69, 9.17) is 17.4 Å². The maximum Gasteiger partial charge on any atom is 0.0522 e. The van der Waals surface area contributed by atoms with Crippen molar-refractivity contribution in [1.29, 1.82) is 0 Å². The Bertz CT molecular complexity index is 541. The summed E-state index contributed by atoms with van der Waals surface area (Å²) in [7, 11) is 1.89. The van der Waals surface area contributed by atoms with Crippen molar-refractivity contribution in [2.45, 2.75) is 12.5 Å². The van der Waals surface area contributed by atoms with Crippen LogP contribution in [0.3, 0.4) is 0 Å². The van der Waals surface area contributed by atoms with E-state index >= 15 is 0 Å². The summed E-state index contributed by atoms with van der Waals surface area (Å²) in [5.41, 5.74) is 4.88. The highest BCUT2D eigenvalue weighted by Crippen LogP contribution is 2.28. The van der Waals surface area contributed by atoms with Crippen molar-refractivity contribution in [3.05, 3.63) is 51.2 Å². The van der Waals surface area contributed by atoms with E-state index in [1.165, 1.54) is 0 Å². The first kappa shape index (κ1) is 13.5. The van der Waals surface area contributed by atoms with Gasteiger partial charge in [0.25, 0.3) is 0 Å². The van der Waals surface area contributed by atoms with Crippen molar-refractivity contribution < 1.29 is 0 Å². The van der Waals surface area contributed by atoms with E-state index in [0.717, 1.165) is 22.0 Å². The fourth-order valence-electron chi connectivity index (χ4n) is 1.85. The molecule has 0 saturated carbocycles. The van der Waals surface area contributed by atoms with Gasteiger partial charge in [0.05, 0.1) is 12.2 Å². The van der Waals surface area contributed by atoms with E-state index in [1.54, 1.807) is 4.68 Å². The Morgan fingerprint density at radius 2 is 2.33 bits per heavy atom. The average molecular weight is 330 g/mol. The van der Waals surface area contributed by atoms with Gasteiger partial charge >= 0.3 is 0 Å².